The molecule has 3 atom stereocenters. The Labute approximate surface area is 104 Å². The fraction of sp³-hybridized carbons (Fsp3) is 0.923. The predicted octanol–water partition coefficient (Wildman–Crippen LogP) is 1.30. The van der Waals surface area contributed by atoms with E-state index in [-0.39, 0.29) is 24.7 Å². The van der Waals surface area contributed by atoms with Gasteiger partial charge in [0.2, 0.25) is 5.91 Å². The summed E-state index contributed by atoms with van der Waals surface area (Å²) in [6.07, 6.45) is 2.34. The molecule has 4 heteroatoms. The summed E-state index contributed by atoms with van der Waals surface area (Å²) in [6, 6.07) is 0.548. The standard InChI is InChI=1S/C13H26N2O2/c1-9(2)10(3)15-13(16)8-17-12-6-5-7-14-11(12)4/h9-12,14H,5-8H2,1-4H3,(H,15,16). The Balaban J connectivity index is 2.23. The molecule has 3 unspecified atom stereocenters. The SMILES string of the molecule is CC(C)C(C)NC(=O)COC1CCCNC1C. The summed E-state index contributed by atoms with van der Waals surface area (Å²) in [5.41, 5.74) is 0. The highest BCUT2D eigenvalue weighted by Gasteiger charge is 2.22. The van der Waals surface area contributed by atoms with Crippen molar-refractivity contribution in [1.29, 1.82) is 0 Å². The van der Waals surface area contributed by atoms with E-state index in [1.54, 1.807) is 0 Å². The summed E-state index contributed by atoms with van der Waals surface area (Å²) in [5.74, 6) is 0.443. The third kappa shape index (κ3) is 5.04. The number of piperidine rings is 1. The van der Waals surface area contributed by atoms with Gasteiger partial charge in [-0.05, 0) is 39.2 Å². The van der Waals surface area contributed by atoms with Gasteiger partial charge in [0, 0.05) is 12.1 Å². The molecule has 0 aromatic heterocycles. The Morgan fingerprint density at radius 2 is 2.18 bits per heavy atom. The summed E-state index contributed by atoms with van der Waals surface area (Å²) in [4.78, 5) is 11.7. The second-order valence-corrected chi connectivity index (χ2v) is 5.33. The first-order valence-corrected chi connectivity index (χ1v) is 6.65. The molecule has 1 aliphatic rings. The van der Waals surface area contributed by atoms with Crippen LogP contribution in [0.4, 0.5) is 0 Å². The van der Waals surface area contributed by atoms with Gasteiger partial charge in [0.05, 0.1) is 6.10 Å². The minimum atomic E-state index is -0.0102. The minimum Gasteiger partial charge on any atom is -0.367 e. The smallest absolute Gasteiger partial charge is 0.246 e. The second kappa shape index (κ2) is 6.97. The maximum absolute atomic E-state index is 11.7. The Kier molecular flexibility index (Phi) is 5.92. The first-order valence-electron chi connectivity index (χ1n) is 6.65. The van der Waals surface area contributed by atoms with E-state index in [4.69, 9.17) is 4.74 Å². The van der Waals surface area contributed by atoms with Crippen molar-refractivity contribution in [2.24, 2.45) is 5.92 Å². The van der Waals surface area contributed by atoms with Crippen LogP contribution >= 0.6 is 0 Å². The lowest BCUT2D eigenvalue weighted by molar-refractivity contribution is -0.129. The van der Waals surface area contributed by atoms with Crippen molar-refractivity contribution < 1.29 is 9.53 Å². The molecule has 1 fully saturated rings. The van der Waals surface area contributed by atoms with Crippen LogP contribution in [0.2, 0.25) is 0 Å². The molecule has 1 rings (SSSR count). The van der Waals surface area contributed by atoms with Gasteiger partial charge in [-0.1, -0.05) is 13.8 Å². The number of carbonyl (C=O) groups is 1. The summed E-state index contributed by atoms with van der Waals surface area (Å²) in [5, 5.41) is 6.31. The molecule has 0 saturated carbocycles. The van der Waals surface area contributed by atoms with E-state index in [9.17, 15) is 4.79 Å². The van der Waals surface area contributed by atoms with E-state index in [0.717, 1.165) is 19.4 Å². The van der Waals surface area contributed by atoms with Crippen molar-refractivity contribution in [3.05, 3.63) is 0 Å². The molecule has 1 heterocycles. The zero-order valence-corrected chi connectivity index (χ0v) is 11.5. The van der Waals surface area contributed by atoms with Crippen LogP contribution in [0.15, 0.2) is 0 Å². The third-order valence-electron chi connectivity index (χ3n) is 3.51. The highest BCUT2D eigenvalue weighted by molar-refractivity contribution is 5.77. The number of hydrogen-bond acceptors (Lipinski definition) is 3. The monoisotopic (exact) mass is 242 g/mol. The van der Waals surface area contributed by atoms with Gasteiger partial charge in [-0.3, -0.25) is 4.79 Å². The Morgan fingerprint density at radius 3 is 2.76 bits per heavy atom. The lowest BCUT2D eigenvalue weighted by Gasteiger charge is -2.30. The largest absolute Gasteiger partial charge is 0.367 e. The van der Waals surface area contributed by atoms with E-state index >= 15 is 0 Å². The maximum Gasteiger partial charge on any atom is 0.246 e. The van der Waals surface area contributed by atoms with Gasteiger partial charge in [0.15, 0.2) is 0 Å². The Hall–Kier alpha value is -0.610. The van der Waals surface area contributed by atoms with E-state index in [2.05, 4.69) is 31.4 Å². The molecule has 1 amide bonds. The molecule has 0 radical (unpaired) electrons. The average Bonchev–Trinajstić information content (AvgIpc) is 2.27. The molecule has 2 N–H and O–H groups in total. The van der Waals surface area contributed by atoms with Gasteiger partial charge < -0.3 is 15.4 Å². The van der Waals surface area contributed by atoms with Crippen LogP contribution in [-0.2, 0) is 9.53 Å². The molecule has 1 aliphatic heterocycles. The number of rotatable bonds is 5. The fourth-order valence-corrected chi connectivity index (χ4v) is 1.89. The van der Waals surface area contributed by atoms with Crippen molar-refractivity contribution >= 4 is 5.91 Å². The predicted molar refractivity (Wildman–Crippen MR) is 68.9 cm³/mol. The van der Waals surface area contributed by atoms with Gasteiger partial charge in [-0.25, -0.2) is 0 Å². The topological polar surface area (TPSA) is 50.4 Å². The molecule has 17 heavy (non-hydrogen) atoms. The molecule has 0 bridgehead atoms. The van der Waals surface area contributed by atoms with E-state index in [0.29, 0.717) is 12.0 Å². The molecule has 1 saturated heterocycles. The molecular formula is C13H26N2O2. The van der Waals surface area contributed by atoms with Crippen molar-refractivity contribution in [3.8, 4) is 0 Å². The van der Waals surface area contributed by atoms with Gasteiger partial charge in [0.25, 0.3) is 0 Å². The summed E-state index contributed by atoms with van der Waals surface area (Å²) < 4.78 is 5.66. The van der Waals surface area contributed by atoms with Crippen LogP contribution < -0.4 is 10.6 Å². The van der Waals surface area contributed by atoms with Gasteiger partial charge in [-0.2, -0.15) is 0 Å². The highest BCUT2D eigenvalue weighted by Crippen LogP contribution is 2.12. The second-order valence-electron chi connectivity index (χ2n) is 5.33. The molecule has 0 spiro atoms. The number of amides is 1. The minimum absolute atomic E-state index is 0.0102. The number of carbonyl (C=O) groups excluding carboxylic acids is 1. The first-order chi connectivity index (χ1) is 8.00. The van der Waals surface area contributed by atoms with Crippen molar-refractivity contribution in [2.75, 3.05) is 13.2 Å². The molecule has 0 aromatic rings. The van der Waals surface area contributed by atoms with Gasteiger partial charge in [-0.15, -0.1) is 0 Å². The molecular weight excluding hydrogens is 216 g/mol. The average molecular weight is 242 g/mol. The normalized spacial score (nSPS) is 26.9. The van der Waals surface area contributed by atoms with Gasteiger partial charge in [0.1, 0.15) is 6.61 Å². The number of hydrogen-bond donors (Lipinski definition) is 2. The zero-order chi connectivity index (χ0) is 12.8. The quantitative estimate of drug-likeness (QED) is 0.764. The Bertz CT molecular complexity index is 244. The highest BCUT2D eigenvalue weighted by atomic mass is 16.5. The maximum atomic E-state index is 11.7. The van der Waals surface area contributed by atoms with Crippen LogP contribution in [0.1, 0.15) is 40.5 Å². The summed E-state index contributed by atoms with van der Waals surface area (Å²) in [6.45, 7) is 9.55. The van der Waals surface area contributed by atoms with Crippen molar-refractivity contribution in [1.82, 2.24) is 10.6 Å². The van der Waals surface area contributed by atoms with Crippen LogP contribution in [-0.4, -0.2) is 37.2 Å². The summed E-state index contributed by atoms with van der Waals surface area (Å²) in [7, 11) is 0. The zero-order valence-electron chi connectivity index (χ0n) is 11.5. The van der Waals surface area contributed by atoms with Crippen LogP contribution in [0.25, 0.3) is 0 Å². The fourth-order valence-electron chi connectivity index (χ4n) is 1.89. The first kappa shape index (κ1) is 14.5. The summed E-state index contributed by atoms with van der Waals surface area (Å²) >= 11 is 0. The molecule has 4 nitrogen and oxygen atoms in total. The van der Waals surface area contributed by atoms with E-state index in [1.165, 1.54) is 0 Å². The van der Waals surface area contributed by atoms with E-state index in [1.807, 2.05) is 6.92 Å². The van der Waals surface area contributed by atoms with Crippen molar-refractivity contribution in [2.45, 2.75) is 58.7 Å². The Morgan fingerprint density at radius 1 is 1.47 bits per heavy atom. The van der Waals surface area contributed by atoms with Gasteiger partial charge >= 0.3 is 0 Å². The van der Waals surface area contributed by atoms with Crippen LogP contribution in [0.5, 0.6) is 0 Å². The number of ether oxygens (including phenoxy) is 1. The van der Waals surface area contributed by atoms with Crippen LogP contribution in [0, 0.1) is 5.92 Å². The molecule has 0 aliphatic carbocycles. The van der Waals surface area contributed by atoms with Crippen LogP contribution in [0.3, 0.4) is 0 Å². The number of nitrogens with one attached hydrogen (secondary N) is 2. The van der Waals surface area contributed by atoms with Crippen molar-refractivity contribution in [3.63, 3.8) is 0 Å². The lowest BCUT2D eigenvalue weighted by atomic mass is 10.0. The van der Waals surface area contributed by atoms with E-state index < -0.39 is 0 Å². The lowest BCUT2D eigenvalue weighted by Crippen LogP contribution is -2.46. The third-order valence-corrected chi connectivity index (χ3v) is 3.51. The molecule has 0 aromatic carbocycles. The molecule has 100 valence electrons.